The van der Waals surface area contributed by atoms with Crippen LogP contribution in [0.15, 0.2) is 42.7 Å². The summed E-state index contributed by atoms with van der Waals surface area (Å²) in [4.78, 5) is 14.4. The molecule has 0 fully saturated rings. The zero-order chi connectivity index (χ0) is 13.2. The van der Waals surface area contributed by atoms with E-state index < -0.39 is 4.92 Å². The first-order valence-corrected chi connectivity index (χ1v) is 5.53. The average molecular weight is 255 g/mol. The summed E-state index contributed by atoms with van der Waals surface area (Å²) in [6.45, 7) is 0. The number of aromatic nitrogens is 3. The third-order valence-electron chi connectivity index (χ3n) is 2.69. The van der Waals surface area contributed by atoms with Gasteiger partial charge in [-0.1, -0.05) is 0 Å². The van der Waals surface area contributed by atoms with E-state index in [2.05, 4.69) is 20.5 Å². The van der Waals surface area contributed by atoms with Crippen molar-refractivity contribution >= 4 is 28.1 Å². The highest BCUT2D eigenvalue weighted by atomic mass is 16.6. The summed E-state index contributed by atoms with van der Waals surface area (Å²) < 4.78 is 0. The van der Waals surface area contributed by atoms with Crippen molar-refractivity contribution in [2.45, 2.75) is 0 Å². The molecule has 0 aliphatic carbocycles. The molecule has 0 saturated heterocycles. The minimum absolute atomic E-state index is 0.0604. The lowest BCUT2D eigenvalue weighted by molar-refractivity contribution is -0.384. The first kappa shape index (κ1) is 11.1. The van der Waals surface area contributed by atoms with Crippen LogP contribution in [0.2, 0.25) is 0 Å². The van der Waals surface area contributed by atoms with Gasteiger partial charge in [-0.2, -0.15) is 5.10 Å². The number of anilines is 2. The molecule has 0 amide bonds. The highest BCUT2D eigenvalue weighted by Gasteiger charge is 2.14. The average Bonchev–Trinajstić information content (AvgIpc) is 2.86. The van der Waals surface area contributed by atoms with Gasteiger partial charge in [-0.3, -0.25) is 15.2 Å². The van der Waals surface area contributed by atoms with Gasteiger partial charge in [0.25, 0.3) is 0 Å². The number of nitrogens with one attached hydrogen (secondary N) is 2. The maximum Gasteiger partial charge on any atom is 0.311 e. The number of benzene rings is 1. The minimum Gasteiger partial charge on any atom is -0.334 e. The molecule has 3 rings (SSSR count). The lowest BCUT2D eigenvalue weighted by Gasteiger charge is -2.05. The summed E-state index contributed by atoms with van der Waals surface area (Å²) in [5.41, 5.74) is 1.56. The van der Waals surface area contributed by atoms with Crippen LogP contribution in [0.1, 0.15) is 0 Å². The number of hydrogen-bond donors (Lipinski definition) is 2. The van der Waals surface area contributed by atoms with Crippen molar-refractivity contribution in [3.63, 3.8) is 0 Å². The minimum atomic E-state index is -0.467. The fraction of sp³-hybridized carbons (Fsp3) is 0. The van der Waals surface area contributed by atoms with Crippen molar-refractivity contribution in [2.24, 2.45) is 0 Å². The van der Waals surface area contributed by atoms with Crippen LogP contribution >= 0.6 is 0 Å². The van der Waals surface area contributed by atoms with Crippen molar-refractivity contribution in [3.05, 3.63) is 52.8 Å². The molecule has 0 bridgehead atoms. The van der Waals surface area contributed by atoms with Crippen LogP contribution in [0, 0.1) is 10.1 Å². The zero-order valence-electron chi connectivity index (χ0n) is 9.70. The first-order valence-electron chi connectivity index (χ1n) is 5.53. The Morgan fingerprint density at radius 3 is 3.05 bits per heavy atom. The molecule has 0 spiro atoms. The highest BCUT2D eigenvalue weighted by Crippen LogP contribution is 2.26. The summed E-state index contributed by atoms with van der Waals surface area (Å²) in [5.74, 6) is 0.218. The van der Waals surface area contributed by atoms with E-state index in [4.69, 9.17) is 0 Å². The molecule has 2 N–H and O–H groups in total. The monoisotopic (exact) mass is 255 g/mol. The van der Waals surface area contributed by atoms with E-state index in [9.17, 15) is 10.1 Å². The van der Waals surface area contributed by atoms with Gasteiger partial charge in [-0.25, -0.2) is 4.98 Å². The second-order valence-electron chi connectivity index (χ2n) is 3.93. The normalized spacial score (nSPS) is 10.5. The number of hydrogen-bond acceptors (Lipinski definition) is 5. The maximum atomic E-state index is 10.9. The third-order valence-corrected chi connectivity index (χ3v) is 2.69. The standard InChI is InChI=1S/C12H9N5O2/c18-17(19)11-2-1-5-13-12(11)15-9-3-4-10-8(6-9)7-14-16-10/h1-7H,(H,13,15)(H,14,16). The van der Waals surface area contributed by atoms with Crippen LogP contribution in [0.5, 0.6) is 0 Å². The number of aromatic amines is 1. The topological polar surface area (TPSA) is 96.7 Å². The predicted octanol–water partition coefficient (Wildman–Crippen LogP) is 2.61. The number of nitrogens with zero attached hydrogens (tertiary/aromatic N) is 3. The Morgan fingerprint density at radius 1 is 1.32 bits per heavy atom. The van der Waals surface area contributed by atoms with Gasteiger partial charge in [0.2, 0.25) is 5.82 Å². The third kappa shape index (κ3) is 2.08. The van der Waals surface area contributed by atoms with Crippen molar-refractivity contribution in [2.75, 3.05) is 5.32 Å². The first-order chi connectivity index (χ1) is 9.24. The quantitative estimate of drug-likeness (QED) is 0.553. The Morgan fingerprint density at radius 2 is 2.21 bits per heavy atom. The lowest BCUT2D eigenvalue weighted by atomic mass is 10.2. The van der Waals surface area contributed by atoms with Crippen molar-refractivity contribution in [3.8, 4) is 0 Å². The number of H-pyrrole nitrogens is 1. The van der Waals surface area contributed by atoms with Gasteiger partial charge in [0.15, 0.2) is 0 Å². The number of rotatable bonds is 3. The summed E-state index contributed by atoms with van der Waals surface area (Å²) in [6.07, 6.45) is 3.19. The molecule has 1 aromatic carbocycles. The number of fused-ring (bicyclic) bond motifs is 1. The molecule has 2 aromatic heterocycles. The summed E-state index contributed by atoms with van der Waals surface area (Å²) in [6, 6.07) is 8.43. The van der Waals surface area contributed by atoms with Crippen molar-refractivity contribution in [1.29, 1.82) is 0 Å². The van der Waals surface area contributed by atoms with Gasteiger partial charge < -0.3 is 5.32 Å². The van der Waals surface area contributed by atoms with Gasteiger partial charge >= 0.3 is 5.69 Å². The van der Waals surface area contributed by atoms with Gasteiger partial charge in [-0.05, 0) is 24.3 Å². The summed E-state index contributed by atoms with van der Waals surface area (Å²) >= 11 is 0. The fourth-order valence-electron chi connectivity index (χ4n) is 1.80. The molecule has 2 heterocycles. The van der Waals surface area contributed by atoms with Crippen LogP contribution in [0.3, 0.4) is 0 Å². The Balaban J connectivity index is 1.98. The van der Waals surface area contributed by atoms with E-state index in [-0.39, 0.29) is 11.5 Å². The fourth-order valence-corrected chi connectivity index (χ4v) is 1.80. The second kappa shape index (κ2) is 4.37. The molecule has 0 aliphatic rings. The van der Waals surface area contributed by atoms with E-state index in [1.807, 2.05) is 12.1 Å². The molecule has 19 heavy (non-hydrogen) atoms. The van der Waals surface area contributed by atoms with Gasteiger partial charge in [0, 0.05) is 23.3 Å². The molecular weight excluding hydrogens is 246 g/mol. The predicted molar refractivity (Wildman–Crippen MR) is 70.3 cm³/mol. The lowest BCUT2D eigenvalue weighted by Crippen LogP contribution is -1.98. The van der Waals surface area contributed by atoms with E-state index in [1.54, 1.807) is 12.3 Å². The van der Waals surface area contributed by atoms with E-state index in [0.29, 0.717) is 0 Å². The van der Waals surface area contributed by atoms with Gasteiger partial charge in [-0.15, -0.1) is 0 Å². The molecule has 3 aromatic rings. The van der Waals surface area contributed by atoms with E-state index in [0.717, 1.165) is 16.6 Å². The second-order valence-corrected chi connectivity index (χ2v) is 3.93. The molecule has 0 saturated carbocycles. The Kier molecular flexibility index (Phi) is 2.57. The molecule has 0 atom stereocenters. The molecule has 7 nitrogen and oxygen atoms in total. The maximum absolute atomic E-state index is 10.9. The molecule has 94 valence electrons. The molecular formula is C12H9N5O2. The Labute approximate surface area is 107 Å². The van der Waals surface area contributed by atoms with Crippen LogP contribution in [0.4, 0.5) is 17.2 Å². The SMILES string of the molecule is O=[N+]([O-])c1cccnc1Nc1ccc2[nH]ncc2c1. The Hall–Kier alpha value is -2.96. The van der Waals surface area contributed by atoms with Crippen molar-refractivity contribution < 1.29 is 4.92 Å². The van der Waals surface area contributed by atoms with Gasteiger partial charge in [0.05, 0.1) is 16.6 Å². The number of pyridine rings is 1. The largest absolute Gasteiger partial charge is 0.334 e. The molecule has 7 heteroatoms. The van der Waals surface area contributed by atoms with Crippen LogP contribution in [-0.2, 0) is 0 Å². The van der Waals surface area contributed by atoms with Gasteiger partial charge in [0.1, 0.15) is 0 Å². The summed E-state index contributed by atoms with van der Waals surface area (Å²) in [7, 11) is 0. The van der Waals surface area contributed by atoms with E-state index in [1.165, 1.54) is 18.3 Å². The molecule has 0 radical (unpaired) electrons. The zero-order valence-corrected chi connectivity index (χ0v) is 9.70. The van der Waals surface area contributed by atoms with E-state index >= 15 is 0 Å². The Bertz CT molecular complexity index is 752. The summed E-state index contributed by atoms with van der Waals surface area (Å²) in [5, 5.41) is 21.5. The molecule has 0 aliphatic heterocycles. The van der Waals surface area contributed by atoms with Crippen LogP contribution in [0.25, 0.3) is 10.9 Å². The highest BCUT2D eigenvalue weighted by molar-refractivity contribution is 5.83. The van der Waals surface area contributed by atoms with Crippen LogP contribution in [-0.4, -0.2) is 20.1 Å². The smallest absolute Gasteiger partial charge is 0.311 e. The number of nitro groups is 1. The van der Waals surface area contributed by atoms with Crippen LogP contribution < -0.4 is 5.32 Å². The van der Waals surface area contributed by atoms with Crippen molar-refractivity contribution in [1.82, 2.24) is 15.2 Å². The molecule has 0 unspecified atom stereocenters.